The van der Waals surface area contributed by atoms with Crippen LogP contribution in [0.3, 0.4) is 0 Å². The van der Waals surface area contributed by atoms with Gasteiger partial charge in [-0.15, -0.1) is 0 Å². The van der Waals surface area contributed by atoms with Gasteiger partial charge in [0.05, 0.1) is 0 Å². The summed E-state index contributed by atoms with van der Waals surface area (Å²) in [5.41, 5.74) is 6.96. The number of hydrogen-bond donors (Lipinski definition) is 4. The summed E-state index contributed by atoms with van der Waals surface area (Å²) in [7, 11) is 0. The average molecular weight is 338 g/mol. The van der Waals surface area contributed by atoms with Crippen LogP contribution in [0.5, 0.6) is 0 Å². The van der Waals surface area contributed by atoms with E-state index in [0.29, 0.717) is 0 Å². The average Bonchev–Trinajstić information content (AvgIpc) is 2.56. The van der Waals surface area contributed by atoms with Crippen molar-refractivity contribution in [1.82, 2.24) is 0 Å². The summed E-state index contributed by atoms with van der Waals surface area (Å²) < 4.78 is 0. The Kier molecular flexibility index (Phi) is 13.8. The smallest absolute Gasteiger partial charge is 0.222 e. The van der Waals surface area contributed by atoms with Crippen LogP contribution < -0.4 is 0 Å². The molecule has 4 N–H and O–H groups in total. The van der Waals surface area contributed by atoms with E-state index < -0.39 is 0 Å². The zero-order valence-corrected chi connectivity index (χ0v) is 13.2. The quantitative estimate of drug-likeness (QED) is 0.365. The Labute approximate surface area is 143 Å². The highest BCUT2D eigenvalue weighted by atomic mass is 16.1. The molecule has 0 unspecified atom stereocenters. The first-order chi connectivity index (χ1) is 12.0. The Morgan fingerprint density at radius 2 is 0.920 bits per heavy atom. The maximum absolute atomic E-state index is 8.35. The van der Waals surface area contributed by atoms with Crippen molar-refractivity contribution in [3.8, 4) is 22.3 Å². The fourth-order valence-electron chi connectivity index (χ4n) is 2.01. The van der Waals surface area contributed by atoms with Crippen LogP contribution in [0.2, 0.25) is 0 Å². The van der Waals surface area contributed by atoms with Gasteiger partial charge in [-0.25, -0.2) is 40.8 Å². The normalized spacial score (nSPS) is 7.24. The molecule has 2 aromatic rings. The summed E-state index contributed by atoms with van der Waals surface area (Å²) in [6.45, 7) is 2.14. The van der Waals surface area contributed by atoms with Gasteiger partial charge in [-0.2, -0.15) is 0 Å². The summed E-state index contributed by atoms with van der Waals surface area (Å²) >= 11 is 0. The molecule has 3 rings (SSSR count). The van der Waals surface area contributed by atoms with Gasteiger partial charge in [0.2, 0.25) is 24.3 Å². The zero-order valence-electron chi connectivity index (χ0n) is 13.2. The first-order valence-corrected chi connectivity index (χ1v) is 6.38. The fraction of sp³-hybridized carbons (Fsp3) is 0.0588. The number of carbonyl (C=O) groups excluding carboxylic acids is 4. The van der Waals surface area contributed by atoms with Gasteiger partial charge in [-0.1, -0.05) is 48.0 Å². The lowest BCUT2D eigenvalue weighted by Crippen LogP contribution is -1.97. The van der Waals surface area contributed by atoms with E-state index in [1.165, 1.54) is 27.8 Å². The van der Waals surface area contributed by atoms with Crippen LogP contribution in [0.4, 0.5) is 0 Å². The van der Waals surface area contributed by atoms with Gasteiger partial charge in [0.25, 0.3) is 0 Å². The van der Waals surface area contributed by atoms with Crippen LogP contribution in [0, 0.1) is 28.6 Å². The molecular formula is C17H14N4O4. The number of benzene rings is 2. The van der Waals surface area contributed by atoms with Crippen LogP contribution in [0.15, 0.2) is 42.5 Å². The van der Waals surface area contributed by atoms with E-state index in [9.17, 15) is 0 Å². The van der Waals surface area contributed by atoms with Gasteiger partial charge in [0.1, 0.15) is 0 Å². The van der Waals surface area contributed by atoms with Crippen molar-refractivity contribution in [2.24, 2.45) is 0 Å². The van der Waals surface area contributed by atoms with Crippen LogP contribution in [0.1, 0.15) is 5.56 Å². The molecule has 0 aliphatic heterocycles. The molecule has 0 amide bonds. The third-order valence-electron chi connectivity index (χ3n) is 2.68. The Bertz CT molecular complexity index is 774. The van der Waals surface area contributed by atoms with Gasteiger partial charge in [0.15, 0.2) is 0 Å². The molecule has 126 valence electrons. The lowest BCUT2D eigenvalue weighted by Gasteiger charge is -2.23. The Morgan fingerprint density at radius 1 is 0.600 bits per heavy atom. The summed E-state index contributed by atoms with van der Waals surface area (Å²) in [6, 6.07) is 15.2. The number of nitrogens with one attached hydrogen (secondary N) is 4. The van der Waals surface area contributed by atoms with Crippen molar-refractivity contribution in [2.45, 2.75) is 6.92 Å². The monoisotopic (exact) mass is 338 g/mol. The molecule has 0 atom stereocenters. The molecule has 2 aromatic carbocycles. The second-order valence-electron chi connectivity index (χ2n) is 4.00. The van der Waals surface area contributed by atoms with Gasteiger partial charge in [-0.05, 0) is 29.2 Å². The second-order valence-corrected chi connectivity index (χ2v) is 4.00. The van der Waals surface area contributed by atoms with E-state index >= 15 is 0 Å². The number of rotatable bonds is 0. The standard InChI is InChI=1S/C13H10.4CHNO/c1-9-6-7-12-10-4-2-3-5-11(10)13(12)8-9;4*2-1-3/h2-8H,1H3;4*2H. The number of fused-ring (bicyclic) bond motifs is 4. The Hall–Kier alpha value is -4.04. The number of aryl methyl sites for hydroxylation is 1. The summed E-state index contributed by atoms with van der Waals surface area (Å²) in [6.07, 6.45) is 3.00. The Balaban J connectivity index is 0. The molecule has 0 fully saturated rings. The van der Waals surface area contributed by atoms with Crippen LogP contribution in [0.25, 0.3) is 22.3 Å². The zero-order chi connectivity index (χ0) is 19.7. The molecule has 0 spiro atoms. The van der Waals surface area contributed by atoms with Gasteiger partial charge in [0, 0.05) is 0 Å². The number of isocyanates is 4. The van der Waals surface area contributed by atoms with Crippen molar-refractivity contribution >= 4 is 24.3 Å². The molecule has 1 aliphatic rings. The molecule has 8 nitrogen and oxygen atoms in total. The van der Waals surface area contributed by atoms with Gasteiger partial charge < -0.3 is 0 Å². The van der Waals surface area contributed by atoms with Gasteiger partial charge in [-0.3, -0.25) is 0 Å². The molecule has 0 bridgehead atoms. The summed E-state index contributed by atoms with van der Waals surface area (Å²) in [5.74, 6) is 0. The largest absolute Gasteiger partial charge is 0.231 e. The first kappa shape index (κ1) is 23.2. The third kappa shape index (κ3) is 8.24. The first-order valence-electron chi connectivity index (χ1n) is 6.38. The second kappa shape index (κ2) is 14.9. The molecule has 0 radical (unpaired) electrons. The van der Waals surface area contributed by atoms with E-state index in [1.807, 2.05) is 0 Å². The van der Waals surface area contributed by atoms with E-state index in [1.54, 1.807) is 0 Å². The van der Waals surface area contributed by atoms with E-state index in [-0.39, 0.29) is 0 Å². The lowest BCUT2D eigenvalue weighted by molar-refractivity contribution is 0.562. The molecular weight excluding hydrogens is 324 g/mol. The van der Waals surface area contributed by atoms with Crippen molar-refractivity contribution in [3.05, 3.63) is 48.0 Å². The molecule has 0 heterocycles. The SMILES string of the molecule is Cc1ccc2c(c1)-c1ccccc1-2.N=C=O.N=C=O.N=C=O.N=C=O. The van der Waals surface area contributed by atoms with Crippen LogP contribution in [-0.2, 0) is 19.2 Å². The molecule has 1 aliphatic carbocycles. The molecule has 0 aromatic heterocycles. The lowest BCUT2D eigenvalue weighted by atomic mass is 9.80. The molecule has 25 heavy (non-hydrogen) atoms. The van der Waals surface area contributed by atoms with E-state index in [0.717, 1.165) is 24.3 Å². The highest BCUT2D eigenvalue weighted by Crippen LogP contribution is 2.46. The fourth-order valence-corrected chi connectivity index (χ4v) is 2.01. The Morgan fingerprint density at radius 3 is 1.32 bits per heavy atom. The summed E-state index contributed by atoms with van der Waals surface area (Å²) in [4.78, 5) is 33.4. The molecule has 0 saturated heterocycles. The minimum absolute atomic E-state index is 0.750. The van der Waals surface area contributed by atoms with Crippen molar-refractivity contribution in [1.29, 1.82) is 21.6 Å². The predicted molar refractivity (Wildman–Crippen MR) is 89.3 cm³/mol. The topological polar surface area (TPSA) is 164 Å². The predicted octanol–water partition coefficient (Wildman–Crippen LogP) is 3.25. The minimum atomic E-state index is 0.750. The highest BCUT2D eigenvalue weighted by Gasteiger charge is 2.20. The van der Waals surface area contributed by atoms with Crippen LogP contribution >= 0.6 is 0 Å². The number of hydrogen-bond acceptors (Lipinski definition) is 8. The molecule has 8 heteroatoms. The van der Waals surface area contributed by atoms with E-state index in [4.69, 9.17) is 40.8 Å². The van der Waals surface area contributed by atoms with Crippen molar-refractivity contribution in [3.63, 3.8) is 0 Å². The minimum Gasteiger partial charge on any atom is -0.222 e. The maximum Gasteiger partial charge on any atom is 0.231 e. The van der Waals surface area contributed by atoms with Gasteiger partial charge >= 0.3 is 0 Å². The summed E-state index contributed by atoms with van der Waals surface area (Å²) in [5, 5.41) is 21.6. The van der Waals surface area contributed by atoms with Crippen molar-refractivity contribution < 1.29 is 19.2 Å². The molecule has 0 saturated carbocycles. The van der Waals surface area contributed by atoms with E-state index in [2.05, 4.69) is 49.4 Å². The third-order valence-corrected chi connectivity index (χ3v) is 2.68. The maximum atomic E-state index is 8.35. The van der Waals surface area contributed by atoms with Crippen LogP contribution in [-0.4, -0.2) is 24.3 Å². The highest BCUT2D eigenvalue weighted by molar-refractivity contribution is 6.02. The van der Waals surface area contributed by atoms with Crippen molar-refractivity contribution in [2.75, 3.05) is 0 Å².